The monoisotopic (exact) mass is 275 g/mol. The standard InChI is InChI=1S/C18H29NO/c1-2-3-4-5-6-7-11-16-19-18(20)15-14-17-12-9-8-10-13-17/h8-10,12-13H,2-7,11,14-16H2,1H3,(H,19,20). The first kappa shape index (κ1) is 16.7. The normalized spacial score (nSPS) is 10.4. The van der Waals surface area contributed by atoms with Crippen LogP contribution in [0, 0.1) is 0 Å². The predicted molar refractivity (Wildman–Crippen MR) is 85.8 cm³/mol. The molecule has 1 N–H and O–H groups in total. The van der Waals surface area contributed by atoms with Gasteiger partial charge in [0.1, 0.15) is 0 Å². The maximum Gasteiger partial charge on any atom is 0.220 e. The number of carbonyl (C=O) groups excluding carboxylic acids is 1. The minimum Gasteiger partial charge on any atom is -0.356 e. The number of rotatable bonds is 11. The van der Waals surface area contributed by atoms with Crippen molar-refractivity contribution in [1.29, 1.82) is 0 Å². The summed E-state index contributed by atoms with van der Waals surface area (Å²) in [5, 5.41) is 3.02. The van der Waals surface area contributed by atoms with Gasteiger partial charge in [0, 0.05) is 13.0 Å². The van der Waals surface area contributed by atoms with Crippen LogP contribution in [0.25, 0.3) is 0 Å². The van der Waals surface area contributed by atoms with E-state index in [0.29, 0.717) is 6.42 Å². The fourth-order valence-corrected chi connectivity index (χ4v) is 2.30. The van der Waals surface area contributed by atoms with E-state index in [1.807, 2.05) is 18.2 Å². The van der Waals surface area contributed by atoms with Gasteiger partial charge in [-0.2, -0.15) is 0 Å². The van der Waals surface area contributed by atoms with Crippen molar-refractivity contribution in [3.05, 3.63) is 35.9 Å². The zero-order chi connectivity index (χ0) is 14.5. The quantitative estimate of drug-likeness (QED) is 0.592. The molecule has 1 aromatic carbocycles. The van der Waals surface area contributed by atoms with Crippen LogP contribution in [0.3, 0.4) is 0 Å². The Balaban J connectivity index is 1.93. The van der Waals surface area contributed by atoms with Crippen molar-refractivity contribution in [2.45, 2.75) is 64.7 Å². The van der Waals surface area contributed by atoms with Crippen molar-refractivity contribution in [3.63, 3.8) is 0 Å². The predicted octanol–water partition coefficient (Wildman–Crippen LogP) is 4.49. The number of aryl methyl sites for hydroxylation is 1. The maximum absolute atomic E-state index is 11.7. The summed E-state index contributed by atoms with van der Waals surface area (Å²) in [4.78, 5) is 11.7. The third-order valence-electron chi connectivity index (χ3n) is 3.59. The largest absolute Gasteiger partial charge is 0.356 e. The van der Waals surface area contributed by atoms with Gasteiger partial charge in [0.2, 0.25) is 5.91 Å². The molecule has 0 aliphatic carbocycles. The Labute approximate surface area is 124 Å². The summed E-state index contributed by atoms with van der Waals surface area (Å²) in [6.45, 7) is 3.08. The van der Waals surface area contributed by atoms with Crippen LogP contribution in [0.2, 0.25) is 0 Å². The van der Waals surface area contributed by atoms with Crippen LogP contribution < -0.4 is 5.32 Å². The molecular weight excluding hydrogens is 246 g/mol. The molecule has 0 unspecified atom stereocenters. The van der Waals surface area contributed by atoms with Gasteiger partial charge in [0.25, 0.3) is 0 Å². The second kappa shape index (κ2) is 11.5. The van der Waals surface area contributed by atoms with E-state index in [9.17, 15) is 4.79 Å². The second-order valence-electron chi connectivity index (χ2n) is 5.46. The van der Waals surface area contributed by atoms with E-state index in [4.69, 9.17) is 0 Å². The summed E-state index contributed by atoms with van der Waals surface area (Å²) in [7, 11) is 0. The molecule has 0 radical (unpaired) electrons. The molecule has 112 valence electrons. The van der Waals surface area contributed by atoms with Crippen molar-refractivity contribution in [2.24, 2.45) is 0 Å². The number of benzene rings is 1. The highest BCUT2D eigenvalue weighted by Gasteiger charge is 2.01. The minimum absolute atomic E-state index is 0.180. The van der Waals surface area contributed by atoms with Gasteiger partial charge in [-0.1, -0.05) is 75.8 Å². The lowest BCUT2D eigenvalue weighted by Crippen LogP contribution is -2.24. The smallest absolute Gasteiger partial charge is 0.220 e. The fourth-order valence-electron chi connectivity index (χ4n) is 2.30. The van der Waals surface area contributed by atoms with Crippen molar-refractivity contribution in [1.82, 2.24) is 5.32 Å². The molecule has 20 heavy (non-hydrogen) atoms. The third kappa shape index (κ3) is 8.73. The first-order valence-electron chi connectivity index (χ1n) is 8.13. The van der Waals surface area contributed by atoms with Crippen LogP contribution >= 0.6 is 0 Å². The average Bonchev–Trinajstić information content (AvgIpc) is 2.49. The molecule has 0 aliphatic rings. The van der Waals surface area contributed by atoms with Gasteiger partial charge in [0.05, 0.1) is 0 Å². The zero-order valence-corrected chi connectivity index (χ0v) is 12.9. The highest BCUT2D eigenvalue weighted by molar-refractivity contribution is 5.76. The fraction of sp³-hybridized carbons (Fsp3) is 0.611. The number of hydrogen-bond acceptors (Lipinski definition) is 1. The summed E-state index contributed by atoms with van der Waals surface area (Å²) in [5.41, 5.74) is 1.23. The van der Waals surface area contributed by atoms with E-state index < -0.39 is 0 Å². The van der Waals surface area contributed by atoms with E-state index in [-0.39, 0.29) is 5.91 Å². The lowest BCUT2D eigenvalue weighted by Gasteiger charge is -2.05. The number of carbonyl (C=O) groups is 1. The Hall–Kier alpha value is -1.31. The summed E-state index contributed by atoms with van der Waals surface area (Å²) >= 11 is 0. The van der Waals surface area contributed by atoms with Crippen LogP contribution in [0.4, 0.5) is 0 Å². The maximum atomic E-state index is 11.7. The average molecular weight is 275 g/mol. The van der Waals surface area contributed by atoms with Gasteiger partial charge in [-0.15, -0.1) is 0 Å². The summed E-state index contributed by atoms with van der Waals surface area (Å²) in [6.07, 6.45) is 10.5. The first-order valence-corrected chi connectivity index (χ1v) is 8.13. The molecule has 0 aliphatic heterocycles. The van der Waals surface area contributed by atoms with Crippen molar-refractivity contribution < 1.29 is 4.79 Å². The molecule has 0 spiro atoms. The third-order valence-corrected chi connectivity index (χ3v) is 3.59. The van der Waals surface area contributed by atoms with Crippen molar-refractivity contribution in [3.8, 4) is 0 Å². The van der Waals surface area contributed by atoms with Gasteiger partial charge >= 0.3 is 0 Å². The molecule has 0 saturated heterocycles. The second-order valence-corrected chi connectivity index (χ2v) is 5.46. The Morgan fingerprint density at radius 2 is 1.60 bits per heavy atom. The first-order chi connectivity index (χ1) is 9.83. The Morgan fingerprint density at radius 3 is 2.30 bits per heavy atom. The van der Waals surface area contributed by atoms with Crippen LogP contribution in [-0.4, -0.2) is 12.5 Å². The van der Waals surface area contributed by atoms with Crippen LogP contribution in [0.5, 0.6) is 0 Å². The summed E-state index contributed by atoms with van der Waals surface area (Å²) < 4.78 is 0. The molecule has 0 heterocycles. The lowest BCUT2D eigenvalue weighted by atomic mass is 10.1. The SMILES string of the molecule is CCCCCCCCCNC(=O)CCc1ccccc1. The molecule has 0 aromatic heterocycles. The van der Waals surface area contributed by atoms with Gasteiger partial charge in [-0.05, 0) is 18.4 Å². The highest BCUT2D eigenvalue weighted by Crippen LogP contribution is 2.06. The molecule has 1 amide bonds. The van der Waals surface area contributed by atoms with Gasteiger partial charge in [-0.25, -0.2) is 0 Å². The molecule has 1 rings (SSSR count). The Bertz CT molecular complexity index is 348. The van der Waals surface area contributed by atoms with Crippen LogP contribution in [0.15, 0.2) is 30.3 Å². The molecule has 0 bridgehead atoms. The lowest BCUT2D eigenvalue weighted by molar-refractivity contribution is -0.121. The molecule has 0 saturated carbocycles. The minimum atomic E-state index is 0.180. The van der Waals surface area contributed by atoms with E-state index in [1.54, 1.807) is 0 Å². The van der Waals surface area contributed by atoms with E-state index in [0.717, 1.165) is 19.4 Å². The number of amides is 1. The van der Waals surface area contributed by atoms with Crippen LogP contribution in [0.1, 0.15) is 63.9 Å². The number of nitrogens with one attached hydrogen (secondary N) is 1. The van der Waals surface area contributed by atoms with Crippen LogP contribution in [-0.2, 0) is 11.2 Å². The molecule has 0 atom stereocenters. The van der Waals surface area contributed by atoms with Gasteiger partial charge in [0.15, 0.2) is 0 Å². The van der Waals surface area contributed by atoms with Gasteiger partial charge < -0.3 is 5.32 Å². The van der Waals surface area contributed by atoms with E-state index in [2.05, 4.69) is 24.4 Å². The number of hydrogen-bond donors (Lipinski definition) is 1. The Kier molecular flexibility index (Phi) is 9.64. The topological polar surface area (TPSA) is 29.1 Å². The van der Waals surface area contributed by atoms with Crippen molar-refractivity contribution >= 4 is 5.91 Å². The Morgan fingerprint density at radius 1 is 0.950 bits per heavy atom. The molecular formula is C18H29NO. The molecule has 0 fully saturated rings. The molecule has 2 heteroatoms. The zero-order valence-electron chi connectivity index (χ0n) is 12.9. The van der Waals surface area contributed by atoms with Crippen molar-refractivity contribution in [2.75, 3.05) is 6.54 Å². The highest BCUT2D eigenvalue weighted by atomic mass is 16.1. The summed E-state index contributed by atoms with van der Waals surface area (Å²) in [5.74, 6) is 0.180. The number of unbranched alkanes of at least 4 members (excludes halogenated alkanes) is 6. The van der Waals surface area contributed by atoms with E-state index >= 15 is 0 Å². The van der Waals surface area contributed by atoms with Gasteiger partial charge in [-0.3, -0.25) is 4.79 Å². The molecule has 2 nitrogen and oxygen atoms in total. The summed E-state index contributed by atoms with van der Waals surface area (Å²) in [6, 6.07) is 10.2. The van der Waals surface area contributed by atoms with E-state index in [1.165, 1.54) is 44.1 Å². The molecule has 1 aromatic rings.